The Labute approximate surface area is 63.7 Å². The van der Waals surface area contributed by atoms with Crippen LogP contribution in [0.3, 0.4) is 0 Å². The van der Waals surface area contributed by atoms with E-state index in [-0.39, 0.29) is 11.8 Å². The quantitative estimate of drug-likeness (QED) is 0.652. The molecule has 0 aliphatic heterocycles. The molecule has 0 saturated carbocycles. The molecule has 0 unspecified atom stereocenters. The van der Waals surface area contributed by atoms with E-state index in [4.69, 9.17) is 5.73 Å². The summed E-state index contributed by atoms with van der Waals surface area (Å²) in [5, 5.41) is 0. The summed E-state index contributed by atoms with van der Waals surface area (Å²) in [7, 11) is 0. The number of aryl methyl sites for hydroxylation is 1. The van der Waals surface area contributed by atoms with Crippen LogP contribution in [0.5, 0.6) is 0 Å². The van der Waals surface area contributed by atoms with Crippen LogP contribution in [-0.4, -0.2) is 15.0 Å². The Morgan fingerprint density at radius 2 is 2.00 bits per heavy atom. The van der Waals surface area contributed by atoms with Crippen molar-refractivity contribution in [2.24, 2.45) is 0 Å². The summed E-state index contributed by atoms with van der Waals surface area (Å²) < 4.78 is 12.6. The first-order valence-corrected chi connectivity index (χ1v) is 3.21. The van der Waals surface area contributed by atoms with Crippen LogP contribution in [0.25, 0.3) is 0 Å². The number of hydrogen-bond acceptors (Lipinski definition) is 4. The zero-order chi connectivity index (χ0) is 8.43. The molecule has 1 aromatic rings. The molecule has 0 fully saturated rings. The van der Waals surface area contributed by atoms with Crippen molar-refractivity contribution in [2.45, 2.75) is 20.0 Å². The molecule has 0 aromatic carbocycles. The summed E-state index contributed by atoms with van der Waals surface area (Å²) >= 11 is 0. The number of nitrogens with zero attached hydrogens (tertiary/aromatic N) is 3. The highest BCUT2D eigenvalue weighted by Crippen LogP contribution is 2.11. The summed E-state index contributed by atoms with van der Waals surface area (Å²) in [5.74, 6) is 0.601. The van der Waals surface area contributed by atoms with Crippen molar-refractivity contribution < 1.29 is 4.39 Å². The van der Waals surface area contributed by atoms with Gasteiger partial charge in [-0.25, -0.2) is 9.37 Å². The molecule has 0 aliphatic rings. The minimum atomic E-state index is -1.20. The zero-order valence-corrected chi connectivity index (χ0v) is 6.37. The van der Waals surface area contributed by atoms with Crippen LogP contribution in [0.15, 0.2) is 0 Å². The molecule has 0 saturated heterocycles. The summed E-state index contributed by atoms with van der Waals surface area (Å²) in [6.45, 7) is 3.00. The van der Waals surface area contributed by atoms with Crippen LogP contribution in [0, 0.1) is 6.92 Å². The van der Waals surface area contributed by atoms with Crippen LogP contribution in [0.4, 0.5) is 10.3 Å². The Balaban J connectivity index is 3.08. The monoisotopic (exact) mass is 156 g/mol. The van der Waals surface area contributed by atoms with Crippen molar-refractivity contribution in [3.05, 3.63) is 11.6 Å². The Morgan fingerprint density at radius 3 is 2.45 bits per heavy atom. The fourth-order valence-corrected chi connectivity index (χ4v) is 0.702. The van der Waals surface area contributed by atoms with Gasteiger partial charge in [-0.05, 0) is 13.8 Å². The summed E-state index contributed by atoms with van der Waals surface area (Å²) in [6.07, 6.45) is -1.20. The second kappa shape index (κ2) is 2.77. The summed E-state index contributed by atoms with van der Waals surface area (Å²) in [4.78, 5) is 11.1. The van der Waals surface area contributed by atoms with Crippen LogP contribution in [-0.2, 0) is 0 Å². The van der Waals surface area contributed by atoms with E-state index in [1.165, 1.54) is 6.92 Å². The first-order chi connectivity index (χ1) is 5.09. The largest absolute Gasteiger partial charge is 0.368 e. The van der Waals surface area contributed by atoms with Crippen molar-refractivity contribution >= 4 is 5.95 Å². The van der Waals surface area contributed by atoms with Gasteiger partial charge in [0.15, 0.2) is 12.0 Å². The second-order valence-corrected chi connectivity index (χ2v) is 2.22. The van der Waals surface area contributed by atoms with E-state index in [1.807, 2.05) is 0 Å². The van der Waals surface area contributed by atoms with Crippen molar-refractivity contribution in [1.82, 2.24) is 15.0 Å². The van der Waals surface area contributed by atoms with Gasteiger partial charge in [0, 0.05) is 0 Å². The lowest BCUT2D eigenvalue weighted by molar-refractivity contribution is 0.355. The van der Waals surface area contributed by atoms with E-state index in [0.29, 0.717) is 5.82 Å². The van der Waals surface area contributed by atoms with E-state index in [2.05, 4.69) is 15.0 Å². The molecule has 1 aromatic heterocycles. The van der Waals surface area contributed by atoms with Crippen LogP contribution in [0.1, 0.15) is 24.7 Å². The number of alkyl halides is 1. The molecule has 4 nitrogen and oxygen atoms in total. The average molecular weight is 156 g/mol. The minimum absolute atomic E-state index is 0.0667. The molecular weight excluding hydrogens is 147 g/mol. The van der Waals surface area contributed by atoms with Gasteiger partial charge < -0.3 is 5.73 Å². The Morgan fingerprint density at radius 1 is 1.36 bits per heavy atom. The molecular formula is C6H9FN4. The lowest BCUT2D eigenvalue weighted by atomic mass is 10.4. The summed E-state index contributed by atoms with van der Waals surface area (Å²) in [6, 6.07) is 0. The molecule has 0 spiro atoms. The highest BCUT2D eigenvalue weighted by atomic mass is 19.1. The van der Waals surface area contributed by atoms with E-state index in [1.54, 1.807) is 6.92 Å². The smallest absolute Gasteiger partial charge is 0.223 e. The number of hydrogen-bond donors (Lipinski definition) is 1. The van der Waals surface area contributed by atoms with Gasteiger partial charge in [-0.3, -0.25) is 0 Å². The molecule has 0 bridgehead atoms. The first kappa shape index (κ1) is 7.84. The number of nitrogen functional groups attached to an aromatic ring is 1. The predicted molar refractivity (Wildman–Crippen MR) is 38.5 cm³/mol. The number of nitrogens with two attached hydrogens (primary N) is 1. The normalized spacial score (nSPS) is 13.0. The number of aromatic nitrogens is 3. The third-order valence-corrected chi connectivity index (χ3v) is 1.14. The highest BCUT2D eigenvalue weighted by molar-refractivity contribution is 5.15. The summed E-state index contributed by atoms with van der Waals surface area (Å²) in [5.41, 5.74) is 5.27. The first-order valence-electron chi connectivity index (χ1n) is 3.21. The van der Waals surface area contributed by atoms with Gasteiger partial charge in [0.1, 0.15) is 5.82 Å². The SMILES string of the molecule is Cc1nc(N)nc([C@@H](C)F)n1. The number of rotatable bonds is 1. The molecule has 1 rings (SSSR count). The molecule has 2 N–H and O–H groups in total. The van der Waals surface area contributed by atoms with Crippen molar-refractivity contribution in [2.75, 3.05) is 5.73 Å². The van der Waals surface area contributed by atoms with Crippen molar-refractivity contribution in [1.29, 1.82) is 0 Å². The Bertz CT molecular complexity index is 241. The predicted octanol–water partition coefficient (Wildman–Crippen LogP) is 0.793. The van der Waals surface area contributed by atoms with Crippen LogP contribution < -0.4 is 5.73 Å². The molecule has 11 heavy (non-hydrogen) atoms. The van der Waals surface area contributed by atoms with Gasteiger partial charge >= 0.3 is 0 Å². The van der Waals surface area contributed by atoms with Gasteiger partial charge in [-0.15, -0.1) is 0 Å². The Kier molecular flexibility index (Phi) is 1.98. The fourth-order valence-electron chi connectivity index (χ4n) is 0.702. The number of anilines is 1. The topological polar surface area (TPSA) is 64.7 Å². The molecule has 1 heterocycles. The van der Waals surface area contributed by atoms with Gasteiger partial charge in [0.25, 0.3) is 0 Å². The zero-order valence-electron chi connectivity index (χ0n) is 6.37. The van der Waals surface area contributed by atoms with Crippen molar-refractivity contribution in [3.8, 4) is 0 Å². The highest BCUT2D eigenvalue weighted by Gasteiger charge is 2.07. The fraction of sp³-hybridized carbons (Fsp3) is 0.500. The maximum Gasteiger partial charge on any atom is 0.223 e. The third-order valence-electron chi connectivity index (χ3n) is 1.14. The van der Waals surface area contributed by atoms with E-state index in [0.717, 1.165) is 0 Å². The molecule has 5 heteroatoms. The van der Waals surface area contributed by atoms with Gasteiger partial charge in [0.05, 0.1) is 0 Å². The average Bonchev–Trinajstić information content (AvgIpc) is 1.85. The standard InChI is InChI=1S/C6H9FN4/c1-3(7)5-9-4(2)10-6(8)11-5/h3H,1-2H3,(H2,8,9,10,11)/t3-/m1/s1. The van der Waals surface area contributed by atoms with Crippen molar-refractivity contribution in [3.63, 3.8) is 0 Å². The van der Waals surface area contributed by atoms with Gasteiger partial charge in [-0.1, -0.05) is 0 Å². The molecule has 1 atom stereocenters. The molecule has 0 aliphatic carbocycles. The van der Waals surface area contributed by atoms with E-state index < -0.39 is 6.17 Å². The van der Waals surface area contributed by atoms with Gasteiger partial charge in [-0.2, -0.15) is 9.97 Å². The van der Waals surface area contributed by atoms with Crippen LogP contribution >= 0.6 is 0 Å². The third kappa shape index (κ3) is 1.83. The molecule has 60 valence electrons. The lowest BCUT2D eigenvalue weighted by Crippen LogP contribution is -2.05. The Hall–Kier alpha value is -1.26. The molecule has 0 radical (unpaired) electrons. The number of halogens is 1. The maximum atomic E-state index is 12.6. The molecule has 0 amide bonds. The minimum Gasteiger partial charge on any atom is -0.368 e. The lowest BCUT2D eigenvalue weighted by Gasteiger charge is -2.01. The van der Waals surface area contributed by atoms with E-state index in [9.17, 15) is 4.39 Å². The maximum absolute atomic E-state index is 12.6. The van der Waals surface area contributed by atoms with Crippen LogP contribution in [0.2, 0.25) is 0 Å². The van der Waals surface area contributed by atoms with Gasteiger partial charge in [0.2, 0.25) is 5.95 Å². The van der Waals surface area contributed by atoms with E-state index >= 15 is 0 Å². The second-order valence-electron chi connectivity index (χ2n) is 2.22.